The molecule has 5 rings (SSSR count). The Balaban J connectivity index is 1.19. The van der Waals surface area contributed by atoms with Crippen molar-refractivity contribution in [1.29, 1.82) is 0 Å². The third kappa shape index (κ3) is 4.64. The van der Waals surface area contributed by atoms with Crippen LogP contribution in [0.25, 0.3) is 6.08 Å². The molecule has 1 saturated carbocycles. The number of anilines is 1. The first-order chi connectivity index (χ1) is 15.3. The molecule has 0 N–H and O–H groups in total. The van der Waals surface area contributed by atoms with E-state index >= 15 is 0 Å². The van der Waals surface area contributed by atoms with Crippen LogP contribution in [-0.4, -0.2) is 71.0 Å². The minimum Gasteiger partial charge on any atom is -0.338 e. The first-order valence-corrected chi connectivity index (χ1v) is 11.6. The summed E-state index contributed by atoms with van der Waals surface area (Å²) in [6, 6.07) is 10.8. The van der Waals surface area contributed by atoms with Crippen LogP contribution in [0.4, 0.5) is 5.95 Å². The molecule has 31 heavy (non-hydrogen) atoms. The Morgan fingerprint density at radius 1 is 0.968 bits per heavy atom. The average molecular weight is 418 g/mol. The molecular formula is C25H31N5O. The number of nitrogens with zero attached hydrogens (tertiary/aromatic N) is 5. The highest BCUT2D eigenvalue weighted by atomic mass is 16.2. The van der Waals surface area contributed by atoms with Crippen LogP contribution in [-0.2, 0) is 17.6 Å². The smallest absolute Gasteiger partial charge is 0.246 e. The first kappa shape index (κ1) is 20.2. The minimum atomic E-state index is 0.0666. The number of hydrogen-bond donors (Lipinski definition) is 0. The summed E-state index contributed by atoms with van der Waals surface area (Å²) < 4.78 is 0. The predicted molar refractivity (Wildman–Crippen MR) is 123 cm³/mol. The SMILES string of the molecule is O=C(C=Cc1ccccc1)N1CCc2cnc(N3CCN(C4CCC4)CC3)nc2CC1. The molecule has 1 amide bonds. The van der Waals surface area contributed by atoms with E-state index in [9.17, 15) is 4.79 Å². The van der Waals surface area contributed by atoms with Crippen LogP contribution in [0.1, 0.15) is 36.1 Å². The van der Waals surface area contributed by atoms with Gasteiger partial charge in [0, 0.05) is 64.0 Å². The molecule has 6 heteroatoms. The van der Waals surface area contributed by atoms with E-state index in [2.05, 4.69) is 14.8 Å². The second-order valence-corrected chi connectivity index (χ2v) is 8.82. The van der Waals surface area contributed by atoms with Gasteiger partial charge in [-0.25, -0.2) is 9.97 Å². The van der Waals surface area contributed by atoms with Gasteiger partial charge in [-0.3, -0.25) is 9.69 Å². The summed E-state index contributed by atoms with van der Waals surface area (Å²) in [5.41, 5.74) is 3.33. The van der Waals surface area contributed by atoms with Crippen LogP contribution >= 0.6 is 0 Å². The highest BCUT2D eigenvalue weighted by Gasteiger charge is 2.29. The van der Waals surface area contributed by atoms with Crippen molar-refractivity contribution < 1.29 is 4.79 Å². The predicted octanol–water partition coefficient (Wildman–Crippen LogP) is 2.79. The lowest BCUT2D eigenvalue weighted by molar-refractivity contribution is -0.125. The van der Waals surface area contributed by atoms with Crippen LogP contribution in [0, 0.1) is 0 Å². The zero-order valence-corrected chi connectivity index (χ0v) is 18.1. The van der Waals surface area contributed by atoms with Gasteiger partial charge < -0.3 is 9.80 Å². The van der Waals surface area contributed by atoms with Crippen molar-refractivity contribution in [2.45, 2.75) is 38.1 Å². The quantitative estimate of drug-likeness (QED) is 0.716. The van der Waals surface area contributed by atoms with E-state index in [1.54, 1.807) is 6.08 Å². The van der Waals surface area contributed by atoms with Crippen LogP contribution in [0.5, 0.6) is 0 Å². The second-order valence-electron chi connectivity index (χ2n) is 8.82. The molecule has 6 nitrogen and oxygen atoms in total. The summed E-state index contributed by atoms with van der Waals surface area (Å²) in [7, 11) is 0. The molecule has 1 aromatic heterocycles. The van der Waals surface area contributed by atoms with E-state index < -0.39 is 0 Å². The van der Waals surface area contributed by atoms with E-state index in [0.29, 0.717) is 13.1 Å². The number of carbonyl (C=O) groups is 1. The number of fused-ring (bicyclic) bond motifs is 1. The van der Waals surface area contributed by atoms with Crippen LogP contribution in [0.3, 0.4) is 0 Å². The van der Waals surface area contributed by atoms with Gasteiger partial charge in [0.1, 0.15) is 0 Å². The third-order valence-electron chi connectivity index (χ3n) is 6.93. The Kier molecular flexibility index (Phi) is 5.98. The summed E-state index contributed by atoms with van der Waals surface area (Å²) >= 11 is 0. The van der Waals surface area contributed by atoms with Crippen molar-refractivity contribution in [2.75, 3.05) is 44.2 Å². The molecule has 2 aromatic rings. The first-order valence-electron chi connectivity index (χ1n) is 11.6. The fraction of sp³-hybridized carbons (Fsp3) is 0.480. The van der Waals surface area contributed by atoms with Gasteiger partial charge in [-0.15, -0.1) is 0 Å². The largest absolute Gasteiger partial charge is 0.338 e. The molecule has 2 aliphatic heterocycles. The van der Waals surface area contributed by atoms with Crippen molar-refractivity contribution in [3.8, 4) is 0 Å². The number of carbonyl (C=O) groups excluding carboxylic acids is 1. The Morgan fingerprint density at radius 2 is 1.74 bits per heavy atom. The molecule has 3 heterocycles. The van der Waals surface area contributed by atoms with Gasteiger partial charge in [0.2, 0.25) is 11.9 Å². The van der Waals surface area contributed by atoms with Gasteiger partial charge in [-0.2, -0.15) is 0 Å². The lowest BCUT2D eigenvalue weighted by atomic mass is 9.91. The average Bonchev–Trinajstić information content (AvgIpc) is 3.00. The van der Waals surface area contributed by atoms with Crippen molar-refractivity contribution in [1.82, 2.24) is 19.8 Å². The van der Waals surface area contributed by atoms with Gasteiger partial charge in [0.25, 0.3) is 0 Å². The molecule has 0 bridgehead atoms. The number of benzene rings is 1. The van der Waals surface area contributed by atoms with Gasteiger partial charge in [0.05, 0.1) is 5.69 Å². The van der Waals surface area contributed by atoms with Crippen LogP contribution < -0.4 is 4.90 Å². The van der Waals surface area contributed by atoms with Gasteiger partial charge in [-0.05, 0) is 36.5 Å². The lowest BCUT2D eigenvalue weighted by Gasteiger charge is -2.43. The number of rotatable bonds is 4. The number of aromatic nitrogens is 2. The highest BCUT2D eigenvalue weighted by Crippen LogP contribution is 2.26. The summed E-state index contributed by atoms with van der Waals surface area (Å²) in [5, 5.41) is 0. The zero-order valence-electron chi connectivity index (χ0n) is 18.1. The topological polar surface area (TPSA) is 52.6 Å². The fourth-order valence-electron chi connectivity index (χ4n) is 4.71. The van der Waals surface area contributed by atoms with E-state index in [1.807, 2.05) is 47.5 Å². The second kappa shape index (κ2) is 9.18. The summed E-state index contributed by atoms with van der Waals surface area (Å²) in [6.07, 6.45) is 11.3. The summed E-state index contributed by atoms with van der Waals surface area (Å²) in [5.74, 6) is 0.924. The zero-order chi connectivity index (χ0) is 21.0. The summed E-state index contributed by atoms with van der Waals surface area (Å²) in [6.45, 7) is 5.65. The van der Waals surface area contributed by atoms with Gasteiger partial charge in [-0.1, -0.05) is 36.8 Å². The molecule has 0 atom stereocenters. The Bertz CT molecular complexity index is 932. The minimum absolute atomic E-state index is 0.0666. The molecule has 1 saturated heterocycles. The van der Waals surface area contributed by atoms with Crippen molar-refractivity contribution in [2.24, 2.45) is 0 Å². The molecule has 1 aliphatic carbocycles. The Hall–Kier alpha value is -2.73. The lowest BCUT2D eigenvalue weighted by Crippen LogP contribution is -2.52. The Morgan fingerprint density at radius 3 is 2.48 bits per heavy atom. The van der Waals surface area contributed by atoms with E-state index in [1.165, 1.54) is 24.8 Å². The number of piperazine rings is 1. The molecule has 0 unspecified atom stereocenters. The van der Waals surface area contributed by atoms with Crippen LogP contribution in [0.15, 0.2) is 42.6 Å². The van der Waals surface area contributed by atoms with Crippen molar-refractivity contribution in [3.05, 3.63) is 59.4 Å². The molecule has 0 spiro atoms. The monoisotopic (exact) mass is 417 g/mol. The van der Waals surface area contributed by atoms with E-state index in [0.717, 1.165) is 62.3 Å². The van der Waals surface area contributed by atoms with Crippen molar-refractivity contribution >= 4 is 17.9 Å². The number of hydrogen-bond acceptors (Lipinski definition) is 5. The Labute approximate surface area is 184 Å². The molecule has 0 radical (unpaired) electrons. The van der Waals surface area contributed by atoms with Gasteiger partial charge >= 0.3 is 0 Å². The molecule has 1 aromatic carbocycles. The van der Waals surface area contributed by atoms with Gasteiger partial charge in [0.15, 0.2) is 0 Å². The van der Waals surface area contributed by atoms with E-state index in [-0.39, 0.29) is 5.91 Å². The normalized spacial score (nSPS) is 20.4. The number of amides is 1. The maximum atomic E-state index is 12.7. The van der Waals surface area contributed by atoms with E-state index in [4.69, 9.17) is 4.98 Å². The maximum Gasteiger partial charge on any atom is 0.246 e. The van der Waals surface area contributed by atoms with Crippen LogP contribution in [0.2, 0.25) is 0 Å². The molecule has 2 fully saturated rings. The standard InChI is InChI=1S/C25H31N5O/c31-24(10-9-20-5-2-1-3-6-20)29-13-11-21-19-26-25(27-23(21)12-14-29)30-17-15-28(16-18-30)22-7-4-8-22/h1-3,5-6,9-10,19,22H,4,7-8,11-18H2. The third-order valence-corrected chi connectivity index (χ3v) is 6.93. The maximum absolute atomic E-state index is 12.7. The van der Waals surface area contributed by atoms with Crippen molar-refractivity contribution in [3.63, 3.8) is 0 Å². The molecule has 162 valence electrons. The molecule has 3 aliphatic rings. The fourth-order valence-corrected chi connectivity index (χ4v) is 4.71. The highest BCUT2D eigenvalue weighted by molar-refractivity contribution is 5.91. The molecular weight excluding hydrogens is 386 g/mol. The summed E-state index contributed by atoms with van der Waals surface area (Å²) in [4.78, 5) is 29.2.